The zero-order chi connectivity index (χ0) is 28.5. The van der Waals surface area contributed by atoms with Crippen molar-refractivity contribution in [1.29, 1.82) is 0 Å². The van der Waals surface area contributed by atoms with E-state index >= 15 is 0 Å². The number of carbonyl (C=O) groups is 3. The lowest BCUT2D eigenvalue weighted by atomic mass is 9.64. The van der Waals surface area contributed by atoms with Gasteiger partial charge in [-0.15, -0.1) is 0 Å². The summed E-state index contributed by atoms with van der Waals surface area (Å²) in [7, 11) is 1.56. The van der Waals surface area contributed by atoms with Gasteiger partial charge in [-0.2, -0.15) is 0 Å². The molecule has 1 spiro atoms. The number of anilines is 1. The van der Waals surface area contributed by atoms with Crippen molar-refractivity contribution in [2.45, 2.75) is 18.0 Å². The topological polar surface area (TPSA) is 63.7 Å². The molecule has 0 saturated carbocycles. The highest BCUT2D eigenvalue weighted by Gasteiger charge is 2.71. The number of fused-ring (bicyclic) bond motifs is 5. The third-order valence-corrected chi connectivity index (χ3v) is 8.89. The van der Waals surface area contributed by atoms with Crippen LogP contribution >= 0.6 is 11.6 Å². The van der Waals surface area contributed by atoms with Crippen molar-refractivity contribution in [2.24, 2.45) is 5.41 Å². The lowest BCUT2D eigenvalue weighted by Crippen LogP contribution is -2.48. The molecule has 4 aromatic carbocycles. The fourth-order valence-corrected chi connectivity index (χ4v) is 7.04. The Morgan fingerprint density at radius 2 is 1.56 bits per heavy atom. The summed E-state index contributed by atoms with van der Waals surface area (Å²) in [5.41, 5.74) is 1.24. The maximum Gasteiger partial charge on any atom is 0.185 e. The molecule has 1 aliphatic carbocycles. The van der Waals surface area contributed by atoms with Crippen molar-refractivity contribution >= 4 is 40.7 Å². The Hall–Kier alpha value is -4.55. The molecule has 7 rings (SSSR count). The maximum atomic E-state index is 14.6. The largest absolute Gasteiger partial charge is 0.497 e. The van der Waals surface area contributed by atoms with Crippen molar-refractivity contribution in [3.05, 3.63) is 136 Å². The summed E-state index contributed by atoms with van der Waals surface area (Å²) in [5, 5.41) is 0.479. The molecule has 202 valence electrons. The number of rotatable bonds is 4. The second-order valence-corrected chi connectivity index (χ2v) is 11.0. The van der Waals surface area contributed by atoms with E-state index in [0.717, 1.165) is 0 Å². The third-order valence-electron chi connectivity index (χ3n) is 8.64. The van der Waals surface area contributed by atoms with Crippen molar-refractivity contribution in [2.75, 3.05) is 12.0 Å². The van der Waals surface area contributed by atoms with Gasteiger partial charge in [-0.1, -0.05) is 60.2 Å². The average molecular weight is 564 g/mol. The molecular weight excluding hydrogens is 541 g/mol. The second kappa shape index (κ2) is 9.25. The summed E-state index contributed by atoms with van der Waals surface area (Å²) >= 11 is 6.14. The maximum absolute atomic E-state index is 14.6. The van der Waals surface area contributed by atoms with Crippen molar-refractivity contribution in [3.63, 3.8) is 0 Å². The Morgan fingerprint density at radius 3 is 2.20 bits per heavy atom. The second-order valence-electron chi connectivity index (χ2n) is 10.6. The van der Waals surface area contributed by atoms with Crippen LogP contribution in [0, 0.1) is 11.2 Å². The van der Waals surface area contributed by atoms with Gasteiger partial charge in [0, 0.05) is 38.9 Å². The Labute approximate surface area is 240 Å². The highest BCUT2D eigenvalue weighted by atomic mass is 35.5. The molecule has 41 heavy (non-hydrogen) atoms. The minimum atomic E-state index is -1.63. The van der Waals surface area contributed by atoms with Gasteiger partial charge in [-0.05, 0) is 60.2 Å². The molecule has 7 heteroatoms. The van der Waals surface area contributed by atoms with E-state index < -0.39 is 29.2 Å². The smallest absolute Gasteiger partial charge is 0.185 e. The molecule has 3 aliphatic rings. The van der Waals surface area contributed by atoms with E-state index in [9.17, 15) is 18.8 Å². The molecule has 4 aromatic rings. The van der Waals surface area contributed by atoms with E-state index in [0.29, 0.717) is 44.3 Å². The number of halogens is 2. The average Bonchev–Trinajstić information content (AvgIpc) is 3.43. The van der Waals surface area contributed by atoms with Crippen LogP contribution in [0.1, 0.15) is 48.1 Å². The SMILES string of the molecule is COc1ccc([C@H]2[C@@H](C(=O)c3ccc(Cl)cc3)N3c4ccc(F)cc4C=C[C@@H]3C23C(=O)c2ccccc2C3=O)cc1. The van der Waals surface area contributed by atoms with Crippen LogP contribution in [0.25, 0.3) is 6.08 Å². The molecule has 2 heterocycles. The molecule has 5 nitrogen and oxygen atoms in total. The summed E-state index contributed by atoms with van der Waals surface area (Å²) in [5.74, 6) is -1.60. The van der Waals surface area contributed by atoms with Crippen molar-refractivity contribution in [1.82, 2.24) is 0 Å². The first-order valence-electron chi connectivity index (χ1n) is 13.2. The molecule has 0 aromatic heterocycles. The number of methoxy groups -OCH3 is 1. The Bertz CT molecular complexity index is 1740. The van der Waals surface area contributed by atoms with Crippen LogP contribution in [-0.4, -0.2) is 36.5 Å². The Kier molecular flexibility index (Phi) is 5.73. The Morgan fingerprint density at radius 1 is 0.902 bits per heavy atom. The minimum Gasteiger partial charge on any atom is -0.497 e. The van der Waals surface area contributed by atoms with Gasteiger partial charge in [0.15, 0.2) is 17.3 Å². The van der Waals surface area contributed by atoms with Gasteiger partial charge < -0.3 is 9.64 Å². The highest BCUT2D eigenvalue weighted by Crippen LogP contribution is 2.61. The molecule has 0 bridgehead atoms. The molecule has 1 saturated heterocycles. The predicted molar refractivity (Wildman–Crippen MR) is 155 cm³/mol. The predicted octanol–water partition coefficient (Wildman–Crippen LogP) is 6.80. The molecule has 2 aliphatic heterocycles. The third kappa shape index (κ3) is 3.50. The van der Waals surface area contributed by atoms with E-state index in [1.165, 1.54) is 12.1 Å². The van der Waals surface area contributed by atoms with Gasteiger partial charge in [0.25, 0.3) is 0 Å². The molecule has 0 amide bonds. The number of hydrogen-bond donors (Lipinski definition) is 0. The first-order valence-corrected chi connectivity index (χ1v) is 13.6. The number of ether oxygens (including phenoxy) is 1. The zero-order valence-electron chi connectivity index (χ0n) is 21.9. The van der Waals surface area contributed by atoms with Gasteiger partial charge in [0.1, 0.15) is 23.0 Å². The zero-order valence-corrected chi connectivity index (χ0v) is 22.6. The highest BCUT2D eigenvalue weighted by molar-refractivity contribution is 6.32. The fraction of sp³-hybridized carbons (Fsp3) is 0.147. The fourth-order valence-electron chi connectivity index (χ4n) is 6.92. The summed E-state index contributed by atoms with van der Waals surface area (Å²) in [6.45, 7) is 0. The van der Waals surface area contributed by atoms with Gasteiger partial charge in [-0.25, -0.2) is 4.39 Å². The van der Waals surface area contributed by atoms with Crippen LogP contribution in [0.3, 0.4) is 0 Å². The molecule has 1 fully saturated rings. The number of Topliss-reactive ketones (excluding diaryl/α,β-unsaturated/α-hetero) is 3. The van der Waals surface area contributed by atoms with Crippen molar-refractivity contribution < 1.29 is 23.5 Å². The number of nitrogens with zero attached hydrogens (tertiary/aromatic N) is 1. The summed E-state index contributed by atoms with van der Waals surface area (Å²) in [6, 6.07) is 23.1. The lowest BCUT2D eigenvalue weighted by molar-refractivity contribution is 0.0666. The lowest BCUT2D eigenvalue weighted by Gasteiger charge is -2.37. The molecular formula is C34H23ClFNO4. The van der Waals surface area contributed by atoms with Crippen LogP contribution in [-0.2, 0) is 0 Å². The normalized spacial score (nSPS) is 21.5. The summed E-state index contributed by atoms with van der Waals surface area (Å²) in [6.07, 6.45) is 3.51. The van der Waals surface area contributed by atoms with Crippen LogP contribution in [0.4, 0.5) is 10.1 Å². The van der Waals surface area contributed by atoms with E-state index in [1.54, 1.807) is 86.0 Å². The first-order chi connectivity index (χ1) is 19.9. The molecule has 0 unspecified atom stereocenters. The van der Waals surface area contributed by atoms with Gasteiger partial charge in [-0.3, -0.25) is 14.4 Å². The Balaban J connectivity index is 1.54. The monoisotopic (exact) mass is 563 g/mol. The minimum absolute atomic E-state index is 0.272. The number of benzene rings is 4. The van der Waals surface area contributed by atoms with Gasteiger partial charge >= 0.3 is 0 Å². The molecule has 0 radical (unpaired) electrons. The van der Waals surface area contributed by atoms with Crippen LogP contribution in [0.5, 0.6) is 5.75 Å². The number of carbonyl (C=O) groups excluding carboxylic acids is 3. The van der Waals surface area contributed by atoms with Gasteiger partial charge in [0.2, 0.25) is 0 Å². The first kappa shape index (κ1) is 25.4. The number of hydrogen-bond acceptors (Lipinski definition) is 5. The standard InChI is InChI=1S/C34H23ClFNO4/c1-41-24-14-8-19(9-15-24)29-30(31(38)20-6-11-22(35)12-7-20)37-27-16-13-23(36)18-21(27)10-17-28(37)34(29)32(39)25-4-2-3-5-26(25)33(34)40/h2-18,28-30H,1H3/t28-,29+,30+/m1/s1. The van der Waals surface area contributed by atoms with Crippen LogP contribution in [0.2, 0.25) is 5.02 Å². The van der Waals surface area contributed by atoms with Crippen LogP contribution in [0.15, 0.2) is 97.1 Å². The van der Waals surface area contributed by atoms with Crippen LogP contribution < -0.4 is 9.64 Å². The molecule has 3 atom stereocenters. The number of ketones is 3. The summed E-state index contributed by atoms with van der Waals surface area (Å²) in [4.78, 5) is 45.7. The van der Waals surface area contributed by atoms with E-state index in [1.807, 2.05) is 17.0 Å². The van der Waals surface area contributed by atoms with E-state index in [-0.39, 0.29) is 17.3 Å². The quantitative estimate of drug-likeness (QED) is 0.202. The summed E-state index contributed by atoms with van der Waals surface area (Å²) < 4.78 is 19.7. The van der Waals surface area contributed by atoms with Crippen molar-refractivity contribution in [3.8, 4) is 5.75 Å². The van der Waals surface area contributed by atoms with Gasteiger partial charge in [0.05, 0.1) is 13.2 Å². The van der Waals surface area contributed by atoms with E-state index in [4.69, 9.17) is 16.3 Å². The molecule has 0 N–H and O–H groups in total. The van der Waals surface area contributed by atoms with E-state index in [2.05, 4.69) is 0 Å².